The summed E-state index contributed by atoms with van der Waals surface area (Å²) in [6.07, 6.45) is 0. The van der Waals surface area contributed by atoms with Crippen molar-refractivity contribution in [2.75, 3.05) is 10.7 Å². The quantitative estimate of drug-likeness (QED) is 0.395. The summed E-state index contributed by atoms with van der Waals surface area (Å²) in [5.74, 6) is 0.870. The number of nitrogens with one attached hydrogen (secondary N) is 3. The van der Waals surface area contributed by atoms with Gasteiger partial charge in [0, 0.05) is 11.1 Å². The number of fused-ring (bicyclic) bond motifs is 1. The van der Waals surface area contributed by atoms with Gasteiger partial charge in [0.1, 0.15) is 16.1 Å². The Morgan fingerprint density at radius 2 is 1.78 bits per heavy atom. The van der Waals surface area contributed by atoms with Crippen molar-refractivity contribution >= 4 is 51.6 Å². The summed E-state index contributed by atoms with van der Waals surface area (Å²) < 4.78 is 0. The number of hydrazine groups is 1. The van der Waals surface area contributed by atoms with Gasteiger partial charge in [-0.3, -0.25) is 10.9 Å². The minimum atomic E-state index is -0.480. The number of carbonyl (C=O) groups is 1. The number of rotatable bonds is 4. The standard InChI is InChI=1S/C19H19Cl2N5O/c1-10(2)14-9-17(24-18-11(3)5-4-6-13(14)18)25-26-19(27)22-12-7-15(20)23-16(21)8-12/h4-10H,1-3H3,(H,24,25)(H2,22,23,26,27). The predicted molar refractivity (Wildman–Crippen MR) is 111 cm³/mol. The second-order valence-electron chi connectivity index (χ2n) is 6.43. The van der Waals surface area contributed by atoms with E-state index < -0.39 is 6.03 Å². The number of aryl methyl sites for hydroxylation is 1. The summed E-state index contributed by atoms with van der Waals surface area (Å²) in [7, 11) is 0. The van der Waals surface area contributed by atoms with E-state index in [2.05, 4.69) is 46.1 Å². The molecule has 0 atom stereocenters. The molecule has 0 saturated heterocycles. The molecule has 140 valence electrons. The number of nitrogens with zero attached hydrogens (tertiary/aromatic N) is 2. The fourth-order valence-electron chi connectivity index (χ4n) is 2.78. The molecule has 0 unspecified atom stereocenters. The predicted octanol–water partition coefficient (Wildman–Crippen LogP) is 5.52. The fourth-order valence-corrected chi connectivity index (χ4v) is 3.24. The van der Waals surface area contributed by atoms with Gasteiger partial charge in [-0.15, -0.1) is 0 Å². The van der Waals surface area contributed by atoms with Gasteiger partial charge < -0.3 is 5.32 Å². The zero-order valence-corrected chi connectivity index (χ0v) is 16.6. The lowest BCUT2D eigenvalue weighted by Crippen LogP contribution is -2.34. The number of urea groups is 1. The van der Waals surface area contributed by atoms with E-state index >= 15 is 0 Å². The number of para-hydroxylation sites is 1. The van der Waals surface area contributed by atoms with Crippen molar-refractivity contribution in [1.82, 2.24) is 15.4 Å². The molecule has 2 aromatic heterocycles. The van der Waals surface area contributed by atoms with Crippen LogP contribution in [-0.2, 0) is 0 Å². The summed E-state index contributed by atoms with van der Waals surface area (Å²) in [5.41, 5.74) is 8.99. The van der Waals surface area contributed by atoms with Crippen LogP contribution < -0.4 is 16.2 Å². The molecule has 2 heterocycles. The van der Waals surface area contributed by atoms with Crippen LogP contribution in [0.5, 0.6) is 0 Å². The molecule has 0 aliphatic carbocycles. The maximum absolute atomic E-state index is 12.1. The van der Waals surface area contributed by atoms with Crippen LogP contribution in [0.2, 0.25) is 10.3 Å². The highest BCUT2D eigenvalue weighted by atomic mass is 35.5. The third-order valence-corrected chi connectivity index (χ3v) is 4.41. The third kappa shape index (κ3) is 4.59. The summed E-state index contributed by atoms with van der Waals surface area (Å²) >= 11 is 11.7. The van der Waals surface area contributed by atoms with Gasteiger partial charge in [0.25, 0.3) is 0 Å². The van der Waals surface area contributed by atoms with Crippen LogP contribution in [0, 0.1) is 6.92 Å². The average molecular weight is 404 g/mol. The van der Waals surface area contributed by atoms with Crippen LogP contribution in [0.4, 0.5) is 16.3 Å². The minimum Gasteiger partial charge on any atom is -0.306 e. The monoisotopic (exact) mass is 403 g/mol. The first-order valence-electron chi connectivity index (χ1n) is 8.40. The Labute approximate surface area is 167 Å². The number of pyridine rings is 2. The molecular formula is C19H19Cl2N5O. The number of amides is 2. The highest BCUT2D eigenvalue weighted by Gasteiger charge is 2.11. The Bertz CT molecular complexity index is 987. The maximum Gasteiger partial charge on any atom is 0.337 e. The molecule has 3 aromatic rings. The Morgan fingerprint density at radius 1 is 1.07 bits per heavy atom. The van der Waals surface area contributed by atoms with Gasteiger partial charge in [0.05, 0.1) is 5.52 Å². The minimum absolute atomic E-state index is 0.194. The number of benzene rings is 1. The highest BCUT2D eigenvalue weighted by Crippen LogP contribution is 2.28. The van der Waals surface area contributed by atoms with Crippen molar-refractivity contribution < 1.29 is 4.79 Å². The number of carbonyl (C=O) groups excluding carboxylic acids is 1. The first-order chi connectivity index (χ1) is 12.8. The van der Waals surface area contributed by atoms with Gasteiger partial charge in [-0.05, 0) is 42.2 Å². The molecule has 2 amide bonds. The molecule has 0 aliphatic heterocycles. The van der Waals surface area contributed by atoms with Crippen LogP contribution in [0.25, 0.3) is 10.9 Å². The van der Waals surface area contributed by atoms with Gasteiger partial charge in [-0.2, -0.15) is 0 Å². The van der Waals surface area contributed by atoms with Crippen LogP contribution in [-0.4, -0.2) is 16.0 Å². The number of aromatic nitrogens is 2. The van der Waals surface area contributed by atoms with Gasteiger partial charge >= 0.3 is 6.03 Å². The van der Waals surface area contributed by atoms with E-state index in [1.165, 1.54) is 12.1 Å². The van der Waals surface area contributed by atoms with Crippen molar-refractivity contribution in [2.45, 2.75) is 26.7 Å². The van der Waals surface area contributed by atoms with E-state index in [4.69, 9.17) is 23.2 Å². The van der Waals surface area contributed by atoms with Crippen molar-refractivity contribution in [3.05, 3.63) is 57.8 Å². The normalized spacial score (nSPS) is 10.9. The number of hydrogen-bond donors (Lipinski definition) is 3. The molecule has 0 fully saturated rings. The summed E-state index contributed by atoms with van der Waals surface area (Å²) in [6.45, 7) is 6.26. The molecule has 8 heteroatoms. The maximum atomic E-state index is 12.1. The Balaban J connectivity index is 1.78. The largest absolute Gasteiger partial charge is 0.337 e. The molecule has 1 aromatic carbocycles. The Hall–Kier alpha value is -2.57. The molecule has 0 bridgehead atoms. The van der Waals surface area contributed by atoms with Crippen LogP contribution in [0.3, 0.4) is 0 Å². The smallest absolute Gasteiger partial charge is 0.306 e. The average Bonchev–Trinajstić information content (AvgIpc) is 2.59. The lowest BCUT2D eigenvalue weighted by Gasteiger charge is -2.15. The Kier molecular flexibility index (Phi) is 5.68. The lowest BCUT2D eigenvalue weighted by atomic mass is 9.97. The fraction of sp³-hybridized carbons (Fsp3) is 0.211. The van der Waals surface area contributed by atoms with E-state index in [0.29, 0.717) is 17.4 Å². The number of anilines is 2. The lowest BCUT2D eigenvalue weighted by molar-refractivity contribution is 0.254. The summed E-state index contributed by atoms with van der Waals surface area (Å²) in [5, 5.41) is 4.13. The van der Waals surface area contributed by atoms with Gasteiger partial charge in [0.2, 0.25) is 0 Å². The van der Waals surface area contributed by atoms with E-state index in [-0.39, 0.29) is 10.3 Å². The van der Waals surface area contributed by atoms with Gasteiger partial charge in [0.15, 0.2) is 0 Å². The van der Waals surface area contributed by atoms with Gasteiger partial charge in [-0.25, -0.2) is 14.8 Å². The van der Waals surface area contributed by atoms with E-state index in [1.54, 1.807) is 0 Å². The second-order valence-corrected chi connectivity index (χ2v) is 7.20. The first kappa shape index (κ1) is 19.2. The molecule has 0 aliphatic rings. The van der Waals surface area contributed by atoms with Crippen LogP contribution in [0.15, 0.2) is 36.4 Å². The molecule has 6 nitrogen and oxygen atoms in total. The van der Waals surface area contributed by atoms with Crippen molar-refractivity contribution in [2.24, 2.45) is 0 Å². The van der Waals surface area contributed by atoms with Crippen LogP contribution in [0.1, 0.15) is 30.9 Å². The SMILES string of the molecule is Cc1cccc2c(C(C)C)cc(NNC(=O)Nc3cc(Cl)nc(Cl)c3)nc12. The topological polar surface area (TPSA) is 78.9 Å². The van der Waals surface area contributed by atoms with Crippen LogP contribution >= 0.6 is 23.2 Å². The number of hydrogen-bond acceptors (Lipinski definition) is 4. The molecule has 27 heavy (non-hydrogen) atoms. The van der Waals surface area contributed by atoms with E-state index in [0.717, 1.165) is 22.0 Å². The molecule has 3 rings (SSSR count). The third-order valence-electron chi connectivity index (χ3n) is 4.02. The van der Waals surface area contributed by atoms with E-state index in [9.17, 15) is 4.79 Å². The molecule has 0 saturated carbocycles. The van der Waals surface area contributed by atoms with Crippen molar-refractivity contribution in [3.63, 3.8) is 0 Å². The van der Waals surface area contributed by atoms with Crippen molar-refractivity contribution in [1.29, 1.82) is 0 Å². The number of halogens is 2. The molecule has 3 N–H and O–H groups in total. The van der Waals surface area contributed by atoms with E-state index in [1.807, 2.05) is 25.1 Å². The summed E-state index contributed by atoms with van der Waals surface area (Å²) in [4.78, 5) is 20.6. The Morgan fingerprint density at radius 3 is 2.44 bits per heavy atom. The second kappa shape index (κ2) is 7.98. The van der Waals surface area contributed by atoms with Crippen molar-refractivity contribution in [3.8, 4) is 0 Å². The zero-order chi connectivity index (χ0) is 19.6. The molecular weight excluding hydrogens is 385 g/mol. The molecule has 0 spiro atoms. The summed E-state index contributed by atoms with van der Waals surface area (Å²) in [6, 6.07) is 10.6. The zero-order valence-electron chi connectivity index (χ0n) is 15.1. The molecule has 0 radical (unpaired) electrons. The highest BCUT2D eigenvalue weighted by molar-refractivity contribution is 6.33. The first-order valence-corrected chi connectivity index (χ1v) is 9.15. The van der Waals surface area contributed by atoms with Gasteiger partial charge in [-0.1, -0.05) is 55.2 Å².